The summed E-state index contributed by atoms with van der Waals surface area (Å²) in [5, 5.41) is 3.37. The van der Waals surface area contributed by atoms with Crippen LogP contribution in [0.5, 0.6) is 0 Å². The Morgan fingerprint density at radius 3 is 2.65 bits per heavy atom. The van der Waals surface area contributed by atoms with Crippen molar-refractivity contribution in [2.45, 2.75) is 40.2 Å². The molecule has 1 rings (SSSR count). The molecule has 1 atom stereocenters. The minimum atomic E-state index is -0.501. The number of carbonyl (C=O) groups is 1. The van der Waals surface area contributed by atoms with E-state index in [1.54, 1.807) is 0 Å². The summed E-state index contributed by atoms with van der Waals surface area (Å²) in [4.78, 5) is 13.9. The number of hydrogen-bond acceptors (Lipinski definition) is 3. The van der Waals surface area contributed by atoms with Crippen LogP contribution in [0.4, 0.5) is 0 Å². The van der Waals surface area contributed by atoms with Crippen LogP contribution in [0.3, 0.4) is 0 Å². The standard InChI is InChI=1S/C13H22N2OS/c1-5-10-6-7-11(17-10)9(2)15-8-13(3,4)12(14)16/h6-7,9,15H,5,8H2,1-4H3,(H2,14,16)/t9-/m1/s1. The molecule has 96 valence electrons. The smallest absolute Gasteiger partial charge is 0.224 e. The van der Waals surface area contributed by atoms with Crippen LogP contribution in [-0.2, 0) is 11.2 Å². The summed E-state index contributed by atoms with van der Waals surface area (Å²) < 4.78 is 0. The molecule has 0 aliphatic heterocycles. The Kier molecular flexibility index (Phi) is 4.71. The Bertz CT molecular complexity index is 385. The molecule has 0 bridgehead atoms. The molecular weight excluding hydrogens is 232 g/mol. The number of amides is 1. The first kappa shape index (κ1) is 14.2. The Morgan fingerprint density at radius 2 is 2.18 bits per heavy atom. The number of aryl methyl sites for hydroxylation is 1. The second kappa shape index (κ2) is 5.65. The van der Waals surface area contributed by atoms with Crippen molar-refractivity contribution in [2.24, 2.45) is 11.1 Å². The van der Waals surface area contributed by atoms with E-state index < -0.39 is 5.41 Å². The maximum atomic E-state index is 11.2. The molecule has 1 aromatic heterocycles. The van der Waals surface area contributed by atoms with Gasteiger partial charge in [-0.1, -0.05) is 6.92 Å². The molecule has 0 radical (unpaired) electrons. The first-order valence-electron chi connectivity index (χ1n) is 5.98. The summed E-state index contributed by atoms with van der Waals surface area (Å²) >= 11 is 1.82. The Labute approximate surface area is 107 Å². The van der Waals surface area contributed by atoms with Gasteiger partial charge in [-0.3, -0.25) is 4.79 Å². The molecule has 0 aliphatic rings. The highest BCUT2D eigenvalue weighted by Crippen LogP contribution is 2.24. The lowest BCUT2D eigenvalue weighted by atomic mass is 9.92. The minimum Gasteiger partial charge on any atom is -0.369 e. The number of primary amides is 1. The third-order valence-electron chi connectivity index (χ3n) is 2.97. The first-order valence-corrected chi connectivity index (χ1v) is 6.80. The van der Waals surface area contributed by atoms with Gasteiger partial charge in [-0.2, -0.15) is 0 Å². The van der Waals surface area contributed by atoms with E-state index in [2.05, 4.69) is 31.3 Å². The zero-order valence-electron chi connectivity index (χ0n) is 11.0. The van der Waals surface area contributed by atoms with Gasteiger partial charge >= 0.3 is 0 Å². The molecular formula is C13H22N2OS. The van der Waals surface area contributed by atoms with E-state index in [-0.39, 0.29) is 11.9 Å². The highest BCUT2D eigenvalue weighted by Gasteiger charge is 2.25. The van der Waals surface area contributed by atoms with Gasteiger partial charge in [0.05, 0.1) is 5.41 Å². The Morgan fingerprint density at radius 1 is 1.53 bits per heavy atom. The summed E-state index contributed by atoms with van der Waals surface area (Å²) in [5.74, 6) is -0.266. The SMILES string of the molecule is CCc1ccc([C@@H](C)NCC(C)(C)C(N)=O)s1. The normalized spacial score (nSPS) is 13.6. The minimum absolute atomic E-state index is 0.263. The largest absolute Gasteiger partial charge is 0.369 e. The van der Waals surface area contributed by atoms with Crippen LogP contribution in [0.25, 0.3) is 0 Å². The molecule has 4 heteroatoms. The van der Waals surface area contributed by atoms with Crippen LogP contribution >= 0.6 is 11.3 Å². The van der Waals surface area contributed by atoms with E-state index in [1.165, 1.54) is 9.75 Å². The van der Waals surface area contributed by atoms with Crippen molar-refractivity contribution in [2.75, 3.05) is 6.54 Å². The monoisotopic (exact) mass is 254 g/mol. The van der Waals surface area contributed by atoms with Crippen LogP contribution in [0.2, 0.25) is 0 Å². The number of hydrogen-bond donors (Lipinski definition) is 2. The van der Waals surface area contributed by atoms with Crippen LogP contribution in [0.15, 0.2) is 12.1 Å². The quantitative estimate of drug-likeness (QED) is 0.819. The molecule has 3 N–H and O–H groups in total. The highest BCUT2D eigenvalue weighted by molar-refractivity contribution is 7.12. The lowest BCUT2D eigenvalue weighted by Gasteiger charge is -2.23. The third kappa shape index (κ3) is 3.82. The van der Waals surface area contributed by atoms with Crippen molar-refractivity contribution >= 4 is 17.2 Å². The van der Waals surface area contributed by atoms with Crippen molar-refractivity contribution in [3.63, 3.8) is 0 Å². The fraction of sp³-hybridized carbons (Fsp3) is 0.615. The number of rotatable bonds is 6. The van der Waals surface area contributed by atoms with Crippen molar-refractivity contribution < 1.29 is 4.79 Å². The van der Waals surface area contributed by atoms with Crippen LogP contribution < -0.4 is 11.1 Å². The van der Waals surface area contributed by atoms with Gasteiger partial charge < -0.3 is 11.1 Å². The fourth-order valence-electron chi connectivity index (χ4n) is 1.41. The molecule has 0 saturated carbocycles. The molecule has 3 nitrogen and oxygen atoms in total. The molecule has 1 aromatic rings. The number of carbonyl (C=O) groups excluding carboxylic acids is 1. The average Bonchev–Trinajstić information content (AvgIpc) is 2.74. The van der Waals surface area contributed by atoms with E-state index in [4.69, 9.17) is 5.73 Å². The molecule has 0 unspecified atom stereocenters. The van der Waals surface area contributed by atoms with E-state index in [1.807, 2.05) is 25.2 Å². The molecule has 0 spiro atoms. The molecule has 17 heavy (non-hydrogen) atoms. The predicted octanol–water partition coefficient (Wildman–Crippen LogP) is 2.47. The summed E-state index contributed by atoms with van der Waals surface area (Å²) in [6, 6.07) is 4.58. The second-order valence-electron chi connectivity index (χ2n) is 5.01. The van der Waals surface area contributed by atoms with Crippen molar-refractivity contribution in [3.05, 3.63) is 21.9 Å². The van der Waals surface area contributed by atoms with Crippen LogP contribution in [0, 0.1) is 5.41 Å². The lowest BCUT2D eigenvalue weighted by molar-refractivity contribution is -0.125. The number of thiophene rings is 1. The maximum absolute atomic E-state index is 11.2. The van der Waals surface area contributed by atoms with Gasteiger partial charge in [-0.05, 0) is 39.3 Å². The van der Waals surface area contributed by atoms with Crippen molar-refractivity contribution in [1.29, 1.82) is 0 Å². The molecule has 0 saturated heterocycles. The van der Waals surface area contributed by atoms with Gasteiger partial charge in [0.15, 0.2) is 0 Å². The van der Waals surface area contributed by atoms with Crippen LogP contribution in [-0.4, -0.2) is 12.5 Å². The number of nitrogens with two attached hydrogens (primary N) is 1. The summed E-state index contributed by atoms with van der Waals surface area (Å²) in [5.41, 5.74) is 4.84. The van der Waals surface area contributed by atoms with Gasteiger partial charge in [0.2, 0.25) is 5.91 Å². The zero-order chi connectivity index (χ0) is 13.1. The molecule has 0 aromatic carbocycles. The summed E-state index contributed by atoms with van der Waals surface area (Å²) in [7, 11) is 0. The lowest BCUT2D eigenvalue weighted by Crippen LogP contribution is -2.41. The zero-order valence-corrected chi connectivity index (χ0v) is 11.9. The topological polar surface area (TPSA) is 55.1 Å². The maximum Gasteiger partial charge on any atom is 0.224 e. The molecule has 1 amide bonds. The predicted molar refractivity (Wildman–Crippen MR) is 73.1 cm³/mol. The number of nitrogens with one attached hydrogen (secondary N) is 1. The van der Waals surface area contributed by atoms with E-state index in [0.717, 1.165) is 6.42 Å². The summed E-state index contributed by atoms with van der Waals surface area (Å²) in [6.45, 7) is 8.59. The van der Waals surface area contributed by atoms with Crippen LogP contribution in [0.1, 0.15) is 43.5 Å². The summed E-state index contributed by atoms with van der Waals surface area (Å²) in [6.07, 6.45) is 1.07. The van der Waals surface area contributed by atoms with Gasteiger partial charge in [0.25, 0.3) is 0 Å². The van der Waals surface area contributed by atoms with Crippen molar-refractivity contribution in [3.8, 4) is 0 Å². The van der Waals surface area contributed by atoms with Gasteiger partial charge in [0, 0.05) is 22.3 Å². The molecule has 1 heterocycles. The first-order chi connectivity index (χ1) is 7.86. The van der Waals surface area contributed by atoms with E-state index in [9.17, 15) is 4.79 Å². The van der Waals surface area contributed by atoms with Gasteiger partial charge in [-0.15, -0.1) is 11.3 Å². The average molecular weight is 254 g/mol. The highest BCUT2D eigenvalue weighted by atomic mass is 32.1. The van der Waals surface area contributed by atoms with E-state index in [0.29, 0.717) is 6.54 Å². The van der Waals surface area contributed by atoms with Gasteiger partial charge in [0.1, 0.15) is 0 Å². The molecule has 0 aliphatic carbocycles. The second-order valence-corrected chi connectivity index (χ2v) is 6.21. The Hall–Kier alpha value is -0.870. The van der Waals surface area contributed by atoms with Crippen molar-refractivity contribution in [1.82, 2.24) is 5.32 Å². The fourth-order valence-corrected chi connectivity index (χ4v) is 2.39. The van der Waals surface area contributed by atoms with Gasteiger partial charge in [-0.25, -0.2) is 0 Å². The third-order valence-corrected chi connectivity index (χ3v) is 4.39. The van der Waals surface area contributed by atoms with E-state index >= 15 is 0 Å². The Balaban J connectivity index is 2.55. The molecule has 0 fully saturated rings.